The third kappa shape index (κ3) is 7.41. The zero-order valence-corrected chi connectivity index (χ0v) is 15.4. The number of nitrogens with one attached hydrogen (secondary N) is 1. The van der Waals surface area contributed by atoms with Crippen molar-refractivity contribution in [2.45, 2.75) is 66.2 Å². The molecule has 6 nitrogen and oxygen atoms in total. The van der Waals surface area contributed by atoms with Crippen LogP contribution in [0, 0.1) is 6.92 Å². The summed E-state index contributed by atoms with van der Waals surface area (Å²) in [5.41, 5.74) is 0.992. The van der Waals surface area contributed by atoms with Crippen molar-refractivity contribution in [3.05, 3.63) is 23.8 Å². The van der Waals surface area contributed by atoms with E-state index in [9.17, 15) is 4.79 Å². The van der Waals surface area contributed by atoms with E-state index < -0.39 is 5.60 Å². The van der Waals surface area contributed by atoms with Crippen molar-refractivity contribution in [1.29, 1.82) is 0 Å². The fourth-order valence-electron chi connectivity index (χ4n) is 1.94. The molecule has 1 aromatic heterocycles. The van der Waals surface area contributed by atoms with Crippen LogP contribution in [0.2, 0.25) is 0 Å². The molecule has 6 heteroatoms. The van der Waals surface area contributed by atoms with Gasteiger partial charge in [0.25, 0.3) is 0 Å². The molecular formula is C17H30N4O2. The Labute approximate surface area is 139 Å². The summed E-state index contributed by atoms with van der Waals surface area (Å²) in [4.78, 5) is 22.6. The summed E-state index contributed by atoms with van der Waals surface area (Å²) in [6.07, 6.45) is 3.22. The van der Waals surface area contributed by atoms with Crippen LogP contribution in [-0.4, -0.2) is 45.2 Å². The minimum Gasteiger partial charge on any atom is -0.444 e. The Morgan fingerprint density at radius 1 is 1.17 bits per heavy atom. The van der Waals surface area contributed by atoms with E-state index >= 15 is 0 Å². The largest absolute Gasteiger partial charge is 0.444 e. The van der Waals surface area contributed by atoms with E-state index in [2.05, 4.69) is 15.3 Å². The van der Waals surface area contributed by atoms with Crippen molar-refractivity contribution in [3.8, 4) is 0 Å². The van der Waals surface area contributed by atoms with Crippen LogP contribution in [0.25, 0.3) is 0 Å². The predicted octanol–water partition coefficient (Wildman–Crippen LogP) is 2.91. The van der Waals surface area contributed by atoms with Crippen LogP contribution in [0.15, 0.2) is 12.4 Å². The van der Waals surface area contributed by atoms with Gasteiger partial charge in [-0.1, -0.05) is 0 Å². The summed E-state index contributed by atoms with van der Waals surface area (Å²) in [6.45, 7) is 15.4. The number of hydrogen-bond donors (Lipinski definition) is 1. The topological polar surface area (TPSA) is 67.4 Å². The maximum absolute atomic E-state index is 12.4. The fraction of sp³-hybridized carbons (Fsp3) is 0.706. The van der Waals surface area contributed by atoms with Gasteiger partial charge in [0.1, 0.15) is 5.60 Å². The summed E-state index contributed by atoms with van der Waals surface area (Å²) in [6, 6.07) is 0. The summed E-state index contributed by atoms with van der Waals surface area (Å²) < 4.78 is 5.49. The Balaban J connectivity index is 2.52. The normalized spacial score (nSPS) is 12.1. The first-order valence-electron chi connectivity index (χ1n) is 7.98. The molecule has 1 heterocycles. The number of hydrogen-bond acceptors (Lipinski definition) is 5. The molecule has 23 heavy (non-hydrogen) atoms. The number of aryl methyl sites for hydroxylation is 1. The Hall–Kier alpha value is -1.69. The van der Waals surface area contributed by atoms with Crippen LogP contribution in [0.1, 0.15) is 52.9 Å². The molecule has 0 spiro atoms. The summed E-state index contributed by atoms with van der Waals surface area (Å²) in [7, 11) is 0. The third-order valence-electron chi connectivity index (χ3n) is 3.08. The molecular weight excluding hydrogens is 292 g/mol. The molecule has 0 saturated heterocycles. The SMILES string of the molecule is Cc1cnc(CNCCN(C(=O)OC(C)(C)C)C(C)(C)C)cn1. The molecule has 0 aromatic carbocycles. The van der Waals surface area contributed by atoms with Gasteiger partial charge < -0.3 is 15.0 Å². The molecule has 0 aliphatic rings. The van der Waals surface area contributed by atoms with Gasteiger partial charge in [-0.3, -0.25) is 9.97 Å². The Morgan fingerprint density at radius 2 is 1.83 bits per heavy atom. The molecule has 0 saturated carbocycles. The van der Waals surface area contributed by atoms with E-state index in [0.29, 0.717) is 19.6 Å². The maximum Gasteiger partial charge on any atom is 0.410 e. The third-order valence-corrected chi connectivity index (χ3v) is 3.08. The smallest absolute Gasteiger partial charge is 0.410 e. The van der Waals surface area contributed by atoms with Gasteiger partial charge in [0, 0.05) is 37.6 Å². The molecule has 0 radical (unpaired) electrons. The first-order valence-corrected chi connectivity index (χ1v) is 7.98. The summed E-state index contributed by atoms with van der Waals surface area (Å²) in [5.74, 6) is 0. The lowest BCUT2D eigenvalue weighted by atomic mass is 10.1. The average molecular weight is 322 g/mol. The van der Waals surface area contributed by atoms with Gasteiger partial charge in [-0.2, -0.15) is 0 Å². The van der Waals surface area contributed by atoms with Crippen molar-refractivity contribution in [2.24, 2.45) is 0 Å². The molecule has 0 fully saturated rings. The molecule has 1 aromatic rings. The molecule has 0 unspecified atom stereocenters. The van der Waals surface area contributed by atoms with Crippen molar-refractivity contribution in [1.82, 2.24) is 20.2 Å². The number of amides is 1. The van der Waals surface area contributed by atoms with E-state index in [0.717, 1.165) is 11.4 Å². The molecule has 0 aliphatic heterocycles. The molecule has 0 atom stereocenters. The van der Waals surface area contributed by atoms with E-state index in [1.165, 1.54) is 0 Å². The van der Waals surface area contributed by atoms with E-state index in [1.54, 1.807) is 17.3 Å². The summed E-state index contributed by atoms with van der Waals surface area (Å²) >= 11 is 0. The first-order chi connectivity index (χ1) is 10.5. The lowest BCUT2D eigenvalue weighted by Crippen LogP contribution is -2.50. The number of rotatable bonds is 5. The minimum absolute atomic E-state index is 0.290. The van der Waals surface area contributed by atoms with Crippen molar-refractivity contribution in [2.75, 3.05) is 13.1 Å². The maximum atomic E-state index is 12.4. The second-order valence-corrected chi connectivity index (χ2v) is 7.63. The molecule has 1 rings (SSSR count). The highest BCUT2D eigenvalue weighted by Crippen LogP contribution is 2.17. The summed E-state index contributed by atoms with van der Waals surface area (Å²) in [5, 5.41) is 3.29. The highest BCUT2D eigenvalue weighted by Gasteiger charge is 2.30. The number of aromatic nitrogens is 2. The van der Waals surface area contributed by atoms with E-state index in [-0.39, 0.29) is 11.6 Å². The van der Waals surface area contributed by atoms with Gasteiger partial charge in [-0.05, 0) is 48.5 Å². The van der Waals surface area contributed by atoms with Gasteiger partial charge in [-0.15, -0.1) is 0 Å². The van der Waals surface area contributed by atoms with Gasteiger partial charge in [0.15, 0.2) is 0 Å². The molecule has 0 bridgehead atoms. The van der Waals surface area contributed by atoms with Gasteiger partial charge in [-0.25, -0.2) is 4.79 Å². The standard InChI is InChI=1S/C17H30N4O2/c1-13-10-20-14(12-19-13)11-18-8-9-21(16(2,3)4)15(22)23-17(5,6)7/h10,12,18H,8-9,11H2,1-7H3. The molecule has 1 N–H and O–H groups in total. The fourth-order valence-corrected chi connectivity index (χ4v) is 1.94. The van der Waals surface area contributed by atoms with Gasteiger partial charge in [0.2, 0.25) is 0 Å². The van der Waals surface area contributed by atoms with E-state index in [1.807, 2.05) is 48.5 Å². The minimum atomic E-state index is -0.495. The van der Waals surface area contributed by atoms with Crippen molar-refractivity contribution in [3.63, 3.8) is 0 Å². The zero-order valence-electron chi connectivity index (χ0n) is 15.4. The second-order valence-electron chi connectivity index (χ2n) is 7.63. The zero-order chi connectivity index (χ0) is 17.7. The van der Waals surface area contributed by atoms with Crippen molar-refractivity contribution >= 4 is 6.09 Å². The molecule has 130 valence electrons. The van der Waals surface area contributed by atoms with Crippen LogP contribution >= 0.6 is 0 Å². The first kappa shape index (κ1) is 19.4. The second kappa shape index (κ2) is 7.73. The number of carbonyl (C=O) groups excluding carboxylic acids is 1. The highest BCUT2D eigenvalue weighted by atomic mass is 16.6. The quantitative estimate of drug-likeness (QED) is 0.844. The van der Waals surface area contributed by atoms with Crippen LogP contribution in [0.5, 0.6) is 0 Å². The lowest BCUT2D eigenvalue weighted by molar-refractivity contribution is 0.00663. The Morgan fingerprint density at radius 3 is 2.30 bits per heavy atom. The Kier molecular flexibility index (Phi) is 6.50. The monoisotopic (exact) mass is 322 g/mol. The number of ether oxygens (including phenoxy) is 1. The molecule has 0 aliphatic carbocycles. The molecule has 1 amide bonds. The van der Waals surface area contributed by atoms with Crippen LogP contribution in [-0.2, 0) is 11.3 Å². The Bertz CT molecular complexity index is 501. The van der Waals surface area contributed by atoms with E-state index in [4.69, 9.17) is 4.74 Å². The van der Waals surface area contributed by atoms with Crippen LogP contribution in [0.3, 0.4) is 0 Å². The highest BCUT2D eigenvalue weighted by molar-refractivity contribution is 5.69. The number of nitrogens with zero attached hydrogens (tertiary/aromatic N) is 3. The predicted molar refractivity (Wildman–Crippen MR) is 91.2 cm³/mol. The van der Waals surface area contributed by atoms with Gasteiger partial charge >= 0.3 is 6.09 Å². The van der Waals surface area contributed by atoms with Gasteiger partial charge in [0.05, 0.1) is 11.4 Å². The van der Waals surface area contributed by atoms with Crippen molar-refractivity contribution < 1.29 is 9.53 Å². The lowest BCUT2D eigenvalue weighted by Gasteiger charge is -2.36. The number of carbonyl (C=O) groups is 1. The van der Waals surface area contributed by atoms with Crippen LogP contribution in [0.4, 0.5) is 4.79 Å². The van der Waals surface area contributed by atoms with Crippen LogP contribution < -0.4 is 5.32 Å². The average Bonchev–Trinajstić information content (AvgIpc) is 2.37.